The highest BCUT2D eigenvalue weighted by molar-refractivity contribution is 6.32. The zero-order valence-corrected chi connectivity index (χ0v) is 15.7. The van der Waals surface area contributed by atoms with Crippen LogP contribution in [0.5, 0.6) is 5.75 Å². The number of fused-ring (bicyclic) bond motifs is 1. The van der Waals surface area contributed by atoms with Crippen LogP contribution in [0.15, 0.2) is 36.4 Å². The maximum absolute atomic E-state index is 13.3. The van der Waals surface area contributed by atoms with Gasteiger partial charge in [0.25, 0.3) is 5.91 Å². The van der Waals surface area contributed by atoms with Gasteiger partial charge in [0.05, 0.1) is 13.2 Å². The van der Waals surface area contributed by atoms with Crippen LogP contribution in [0.1, 0.15) is 28.4 Å². The third-order valence-electron chi connectivity index (χ3n) is 5.06. The summed E-state index contributed by atoms with van der Waals surface area (Å²) < 4.78 is 18.8. The quantitative estimate of drug-likeness (QED) is 0.630. The van der Waals surface area contributed by atoms with E-state index < -0.39 is 29.8 Å². The van der Waals surface area contributed by atoms with Crippen LogP contribution >= 0.6 is 11.6 Å². The molecule has 0 aliphatic carbocycles. The smallest absolute Gasteiger partial charge is 0.325 e. The molecule has 0 spiro atoms. The molecule has 1 unspecified atom stereocenters. The molecule has 2 heterocycles. The number of ketones is 1. The van der Waals surface area contributed by atoms with E-state index >= 15 is 0 Å². The minimum absolute atomic E-state index is 0.0166. The maximum atomic E-state index is 13.3. The summed E-state index contributed by atoms with van der Waals surface area (Å²) in [5.74, 6) is -0.802. The molecule has 6 nitrogen and oxygen atoms in total. The number of nitrogens with zero attached hydrogens (tertiary/aromatic N) is 1. The lowest BCUT2D eigenvalue weighted by Crippen LogP contribution is -2.41. The molecule has 2 aliphatic rings. The van der Waals surface area contributed by atoms with Crippen molar-refractivity contribution in [2.24, 2.45) is 0 Å². The molecule has 8 heteroatoms. The Morgan fingerprint density at radius 2 is 2.07 bits per heavy atom. The maximum Gasteiger partial charge on any atom is 0.325 e. The SMILES string of the molecule is CC1(c2ccc(F)cc2Cl)NC(=O)N(CC(=O)c2ccc3c(c2)CCO3)C1=O. The van der Waals surface area contributed by atoms with E-state index in [-0.39, 0.29) is 16.4 Å². The zero-order valence-electron chi connectivity index (χ0n) is 14.9. The molecular weight excluding hydrogens is 387 g/mol. The third-order valence-corrected chi connectivity index (χ3v) is 5.37. The number of carbonyl (C=O) groups is 3. The van der Waals surface area contributed by atoms with E-state index in [0.717, 1.165) is 28.3 Å². The van der Waals surface area contributed by atoms with E-state index in [2.05, 4.69) is 5.32 Å². The molecule has 28 heavy (non-hydrogen) atoms. The number of nitrogens with one attached hydrogen (secondary N) is 1. The summed E-state index contributed by atoms with van der Waals surface area (Å²) in [7, 11) is 0. The van der Waals surface area contributed by atoms with Crippen LogP contribution in [0.3, 0.4) is 0 Å². The summed E-state index contributed by atoms with van der Waals surface area (Å²) in [5.41, 5.74) is 0.108. The number of benzene rings is 2. The molecule has 1 atom stereocenters. The first-order chi connectivity index (χ1) is 13.3. The Hall–Kier alpha value is -2.93. The van der Waals surface area contributed by atoms with Gasteiger partial charge in [-0.3, -0.25) is 14.5 Å². The summed E-state index contributed by atoms with van der Waals surface area (Å²) in [5, 5.41) is 2.58. The van der Waals surface area contributed by atoms with E-state index in [0.29, 0.717) is 18.6 Å². The Morgan fingerprint density at radius 1 is 1.29 bits per heavy atom. The number of imide groups is 1. The standard InChI is InChI=1S/C20H16ClFN2O4/c1-20(14-4-3-13(22)9-15(14)21)18(26)24(19(27)23-20)10-16(25)11-2-5-17-12(8-11)6-7-28-17/h2-5,8-9H,6-7,10H2,1H3,(H,23,27). The third kappa shape index (κ3) is 2.92. The van der Waals surface area contributed by atoms with Crippen LogP contribution < -0.4 is 10.1 Å². The lowest BCUT2D eigenvalue weighted by atomic mass is 9.92. The molecule has 3 amide bonds. The van der Waals surface area contributed by atoms with Gasteiger partial charge in [0, 0.05) is 22.6 Å². The minimum Gasteiger partial charge on any atom is -0.493 e. The van der Waals surface area contributed by atoms with Crippen molar-refractivity contribution in [2.45, 2.75) is 18.9 Å². The number of ether oxygens (including phenoxy) is 1. The monoisotopic (exact) mass is 402 g/mol. The molecule has 1 N–H and O–H groups in total. The summed E-state index contributed by atoms with van der Waals surface area (Å²) in [6.45, 7) is 1.64. The van der Waals surface area contributed by atoms with Crippen molar-refractivity contribution in [3.05, 3.63) is 63.9 Å². The Bertz CT molecular complexity index is 1030. The highest BCUT2D eigenvalue weighted by atomic mass is 35.5. The van der Waals surface area contributed by atoms with E-state index in [1.54, 1.807) is 18.2 Å². The van der Waals surface area contributed by atoms with Gasteiger partial charge in [0.15, 0.2) is 5.78 Å². The van der Waals surface area contributed by atoms with Gasteiger partial charge in [0.2, 0.25) is 0 Å². The molecule has 0 bridgehead atoms. The molecule has 1 saturated heterocycles. The number of hydrogen-bond acceptors (Lipinski definition) is 4. The second-order valence-corrected chi connectivity index (χ2v) is 7.32. The predicted octanol–water partition coefficient (Wildman–Crippen LogP) is 3.06. The predicted molar refractivity (Wildman–Crippen MR) is 99.0 cm³/mol. The average Bonchev–Trinajstić information content (AvgIpc) is 3.19. The van der Waals surface area contributed by atoms with Crippen LogP contribution in [0, 0.1) is 5.82 Å². The largest absolute Gasteiger partial charge is 0.493 e. The van der Waals surface area contributed by atoms with E-state index in [4.69, 9.17) is 16.3 Å². The summed E-state index contributed by atoms with van der Waals surface area (Å²) in [6, 6.07) is 7.92. The number of halogens is 2. The first-order valence-corrected chi connectivity index (χ1v) is 9.06. The summed E-state index contributed by atoms with van der Waals surface area (Å²) >= 11 is 6.07. The van der Waals surface area contributed by atoms with Gasteiger partial charge in [-0.15, -0.1) is 0 Å². The minimum atomic E-state index is -1.48. The highest BCUT2D eigenvalue weighted by Crippen LogP contribution is 2.34. The van der Waals surface area contributed by atoms with Crippen molar-refractivity contribution in [2.75, 3.05) is 13.2 Å². The lowest BCUT2D eigenvalue weighted by Gasteiger charge is -2.23. The fraction of sp³-hybridized carbons (Fsp3) is 0.250. The molecular formula is C20H16ClFN2O4. The van der Waals surface area contributed by atoms with Gasteiger partial charge in [-0.25, -0.2) is 9.18 Å². The second kappa shape index (κ2) is 6.60. The van der Waals surface area contributed by atoms with Crippen LogP contribution in [0.25, 0.3) is 0 Å². The van der Waals surface area contributed by atoms with Crippen molar-refractivity contribution in [1.29, 1.82) is 0 Å². The van der Waals surface area contributed by atoms with E-state index in [1.807, 2.05) is 0 Å². The zero-order chi connectivity index (χ0) is 20.1. The molecule has 2 aromatic carbocycles. The molecule has 144 valence electrons. The van der Waals surface area contributed by atoms with E-state index in [1.165, 1.54) is 13.0 Å². The number of amides is 3. The fourth-order valence-corrected chi connectivity index (χ4v) is 3.87. The first kappa shape index (κ1) is 18.4. The average molecular weight is 403 g/mol. The van der Waals surface area contributed by atoms with Crippen molar-refractivity contribution in [1.82, 2.24) is 10.2 Å². The molecule has 2 aliphatic heterocycles. The van der Waals surface area contributed by atoms with Crippen LogP contribution in [-0.2, 0) is 16.8 Å². The summed E-state index contributed by atoms with van der Waals surface area (Å²) in [6.07, 6.45) is 0.709. The first-order valence-electron chi connectivity index (χ1n) is 8.68. The van der Waals surface area contributed by atoms with Gasteiger partial charge < -0.3 is 10.1 Å². The second-order valence-electron chi connectivity index (χ2n) is 6.91. The molecule has 2 aromatic rings. The van der Waals surface area contributed by atoms with Gasteiger partial charge in [0.1, 0.15) is 17.1 Å². The number of urea groups is 1. The molecule has 0 saturated carbocycles. The van der Waals surface area contributed by atoms with Crippen LogP contribution in [-0.4, -0.2) is 35.8 Å². The van der Waals surface area contributed by atoms with Crippen molar-refractivity contribution < 1.29 is 23.5 Å². The molecule has 1 fully saturated rings. The number of Topliss-reactive ketones (excluding diaryl/α,β-unsaturated/α-hetero) is 1. The molecule has 4 rings (SSSR count). The Morgan fingerprint density at radius 3 is 2.82 bits per heavy atom. The summed E-state index contributed by atoms with van der Waals surface area (Å²) in [4.78, 5) is 38.9. The number of hydrogen-bond donors (Lipinski definition) is 1. The Labute approximate surface area is 165 Å². The van der Waals surface area contributed by atoms with Crippen molar-refractivity contribution in [3.63, 3.8) is 0 Å². The number of rotatable bonds is 4. The van der Waals surface area contributed by atoms with Crippen LogP contribution in [0.4, 0.5) is 9.18 Å². The van der Waals surface area contributed by atoms with Gasteiger partial charge in [-0.1, -0.05) is 17.7 Å². The molecule has 0 aromatic heterocycles. The molecule has 0 radical (unpaired) electrons. The van der Waals surface area contributed by atoms with Crippen LogP contribution in [0.2, 0.25) is 5.02 Å². The van der Waals surface area contributed by atoms with Gasteiger partial charge in [-0.2, -0.15) is 0 Å². The topological polar surface area (TPSA) is 75.7 Å². The fourth-order valence-electron chi connectivity index (χ4n) is 3.51. The lowest BCUT2D eigenvalue weighted by molar-refractivity contribution is -0.130. The Balaban J connectivity index is 1.58. The van der Waals surface area contributed by atoms with Gasteiger partial charge >= 0.3 is 6.03 Å². The highest BCUT2D eigenvalue weighted by Gasteiger charge is 2.50. The number of carbonyl (C=O) groups excluding carboxylic acids is 3. The van der Waals surface area contributed by atoms with Gasteiger partial charge in [-0.05, 0) is 42.8 Å². The van der Waals surface area contributed by atoms with Crippen molar-refractivity contribution in [3.8, 4) is 5.75 Å². The van der Waals surface area contributed by atoms with E-state index in [9.17, 15) is 18.8 Å². The Kier molecular flexibility index (Phi) is 4.34. The normalized spacial score (nSPS) is 20.8. The van der Waals surface area contributed by atoms with Crippen molar-refractivity contribution >= 4 is 29.3 Å².